The Balaban J connectivity index is 1.33. The molecule has 0 aliphatic rings. The van der Waals surface area contributed by atoms with E-state index >= 15 is 0 Å². The molecule has 0 saturated carbocycles. The minimum atomic E-state index is -0.128. The lowest BCUT2D eigenvalue weighted by molar-refractivity contribution is -0.432. The van der Waals surface area contributed by atoms with Gasteiger partial charge in [-0.1, -0.05) is 10.1 Å². The topological polar surface area (TPSA) is 168 Å². The molecule has 0 aromatic heterocycles. The zero-order valence-electron chi connectivity index (χ0n) is 22.7. The van der Waals surface area contributed by atoms with Crippen LogP contribution in [0.4, 0.5) is 34.1 Å². The van der Waals surface area contributed by atoms with Crippen LogP contribution in [0.5, 0.6) is 11.5 Å². The maximum Gasteiger partial charge on any atom is 0.152 e. The van der Waals surface area contributed by atoms with Gasteiger partial charge in [0, 0.05) is 21.7 Å². The van der Waals surface area contributed by atoms with E-state index in [1.807, 2.05) is 36.4 Å². The van der Waals surface area contributed by atoms with Gasteiger partial charge in [-0.15, -0.1) is 13.8 Å². The zero-order chi connectivity index (χ0) is 30.7. The van der Waals surface area contributed by atoms with Crippen LogP contribution in [0.1, 0.15) is 0 Å². The molecule has 0 radical (unpaired) electrons. The van der Waals surface area contributed by atoms with E-state index in [0.29, 0.717) is 49.7 Å². The smallest absolute Gasteiger partial charge is 0.152 e. The monoisotopic (exact) mass is 633 g/mol. The lowest BCUT2D eigenvalue weighted by Crippen LogP contribution is -1.91. The van der Waals surface area contributed by atoms with Gasteiger partial charge < -0.3 is 15.2 Å². The first-order valence-corrected chi connectivity index (χ1v) is 14.1. The van der Waals surface area contributed by atoms with Gasteiger partial charge in [-0.3, -0.25) is 0 Å². The first-order valence-electron chi connectivity index (χ1n) is 12.6. The highest BCUT2D eigenvalue weighted by atomic mass is 32.2. The molecule has 0 saturated heterocycles. The average molecular weight is 634 g/mol. The largest absolute Gasteiger partial charge is 0.505 e. The molecule has 224 valence electrons. The van der Waals surface area contributed by atoms with E-state index in [0.717, 1.165) is 29.2 Å². The van der Waals surface area contributed by atoms with Gasteiger partial charge in [-0.25, -0.2) is 10.5 Å². The number of phenolic OH excluding ortho intramolecular Hbond substituents is 1. The lowest BCUT2D eigenvalue weighted by Gasteiger charge is -2.12. The minimum Gasteiger partial charge on any atom is -0.505 e. The number of phenols is 1. The molecule has 5 aromatic rings. The van der Waals surface area contributed by atoms with Crippen molar-refractivity contribution in [3.63, 3.8) is 0 Å². The number of anilines is 2. The van der Waals surface area contributed by atoms with E-state index in [-0.39, 0.29) is 11.4 Å². The Morgan fingerprint density at radius 1 is 0.636 bits per heavy atom. The van der Waals surface area contributed by atoms with E-state index in [2.05, 4.69) is 44.5 Å². The van der Waals surface area contributed by atoms with Crippen LogP contribution in [0.3, 0.4) is 0 Å². The van der Waals surface area contributed by atoms with Crippen LogP contribution in [-0.2, 0) is 18.7 Å². The van der Waals surface area contributed by atoms with Crippen molar-refractivity contribution in [2.45, 2.75) is 9.79 Å². The summed E-state index contributed by atoms with van der Waals surface area (Å²) in [5.41, 5.74) is 3.44. The number of benzene rings is 5. The highest BCUT2D eigenvalue weighted by Gasteiger charge is 2.16. The van der Waals surface area contributed by atoms with Crippen molar-refractivity contribution in [3.05, 3.63) is 97.1 Å². The molecule has 0 aliphatic carbocycles. The number of hydrogen-bond donors (Lipinski definition) is 4. The first-order chi connectivity index (χ1) is 21.6. The Labute approximate surface area is 258 Å². The number of fused-ring (bicyclic) bond motifs is 1. The number of methoxy groups -OCH3 is 1. The molecule has 5 rings (SSSR count). The van der Waals surface area contributed by atoms with Gasteiger partial charge in [-0.2, -0.15) is 15.3 Å². The first kappa shape index (κ1) is 30.9. The summed E-state index contributed by atoms with van der Waals surface area (Å²) in [6.07, 6.45) is 0. The Bertz CT molecular complexity index is 1760. The van der Waals surface area contributed by atoms with Crippen molar-refractivity contribution >= 4 is 69.0 Å². The quantitative estimate of drug-likeness (QED) is 0.0421. The van der Waals surface area contributed by atoms with E-state index in [1.54, 1.807) is 67.8 Å². The Hall–Kier alpha value is -4.58. The Kier molecular flexibility index (Phi) is 10.7. The van der Waals surface area contributed by atoms with Gasteiger partial charge in [0.2, 0.25) is 0 Å². The second-order valence-corrected chi connectivity index (χ2v) is 10.2. The van der Waals surface area contributed by atoms with Crippen molar-refractivity contribution in [3.8, 4) is 11.5 Å². The molecule has 0 atom stereocenters. The summed E-state index contributed by atoms with van der Waals surface area (Å²) in [6, 6.07) is 28.4. The molecule has 5 aromatic carbocycles. The van der Waals surface area contributed by atoms with E-state index in [4.69, 9.17) is 15.3 Å². The normalized spacial score (nSPS) is 11.5. The fourth-order valence-electron chi connectivity index (χ4n) is 3.91. The van der Waals surface area contributed by atoms with Gasteiger partial charge >= 0.3 is 0 Å². The summed E-state index contributed by atoms with van der Waals surface area (Å²) in [5, 5.41) is 56.8. The molecule has 0 amide bonds. The summed E-state index contributed by atoms with van der Waals surface area (Å²) in [5.74, 6) is 0.618. The van der Waals surface area contributed by atoms with Crippen LogP contribution in [-0.4, -0.2) is 22.7 Å². The van der Waals surface area contributed by atoms with Crippen molar-refractivity contribution in [1.82, 2.24) is 0 Å². The van der Waals surface area contributed by atoms with Crippen LogP contribution in [0.25, 0.3) is 10.8 Å². The molecule has 0 aliphatic heterocycles. The molecule has 0 fully saturated rings. The van der Waals surface area contributed by atoms with E-state index in [9.17, 15) is 5.11 Å². The molecular formula is C29H23N5O8S2. The van der Waals surface area contributed by atoms with E-state index in [1.165, 1.54) is 0 Å². The lowest BCUT2D eigenvalue weighted by atomic mass is 10.1. The van der Waals surface area contributed by atoms with Crippen LogP contribution < -0.4 is 10.1 Å². The molecule has 0 spiro atoms. The summed E-state index contributed by atoms with van der Waals surface area (Å²) in [4.78, 5) is 1.05. The molecule has 0 heterocycles. The summed E-state index contributed by atoms with van der Waals surface area (Å²) in [7, 11) is 1.61. The van der Waals surface area contributed by atoms with Crippen LogP contribution in [0, 0.1) is 0 Å². The zero-order valence-corrected chi connectivity index (χ0v) is 24.4. The third kappa shape index (κ3) is 8.07. The van der Waals surface area contributed by atoms with Crippen LogP contribution >= 0.6 is 24.1 Å². The molecule has 15 heteroatoms. The standard InChI is InChI=1S/C29H23N5O8S2/c1-38-24-11-6-19(7-12-24)30-23-10-15-26-18(16-23)17-27(44-42-40-37)28(29(26)35)34-33-21-4-2-20(3-5-21)31-32-22-8-13-25(14-9-22)43-41-39-36/h2-17,30,35-37H,1H3. The molecule has 13 nitrogen and oxygen atoms in total. The number of aromatic hydroxyl groups is 1. The van der Waals surface area contributed by atoms with Crippen molar-refractivity contribution in [2.24, 2.45) is 20.5 Å². The average Bonchev–Trinajstić information content (AvgIpc) is 3.06. The maximum atomic E-state index is 11.1. The van der Waals surface area contributed by atoms with Gasteiger partial charge in [-0.05, 0) is 102 Å². The molecular weight excluding hydrogens is 610 g/mol. The summed E-state index contributed by atoms with van der Waals surface area (Å²) in [6.45, 7) is 0. The summed E-state index contributed by atoms with van der Waals surface area (Å²) >= 11 is 1.51. The van der Waals surface area contributed by atoms with Gasteiger partial charge in [0.25, 0.3) is 0 Å². The maximum absolute atomic E-state index is 11.1. The van der Waals surface area contributed by atoms with Crippen LogP contribution in [0.15, 0.2) is 127 Å². The van der Waals surface area contributed by atoms with Gasteiger partial charge in [0.05, 0.1) is 53.2 Å². The fourth-order valence-corrected chi connectivity index (χ4v) is 4.77. The number of ether oxygens (including phenoxy) is 1. The van der Waals surface area contributed by atoms with Crippen LogP contribution in [0.2, 0.25) is 0 Å². The number of azo groups is 2. The Morgan fingerprint density at radius 2 is 1.20 bits per heavy atom. The predicted octanol–water partition coefficient (Wildman–Crippen LogP) is 9.98. The molecule has 44 heavy (non-hydrogen) atoms. The second-order valence-electron chi connectivity index (χ2n) is 8.72. The van der Waals surface area contributed by atoms with Gasteiger partial charge in [0.15, 0.2) is 5.75 Å². The number of nitrogens with one attached hydrogen (secondary N) is 1. The molecule has 0 bridgehead atoms. The SMILES string of the molecule is COc1ccc(Nc2ccc3c(O)c(N=Nc4ccc(N=Nc5ccc(SOOO)cc5)cc4)c(SOOO)cc3c2)cc1. The van der Waals surface area contributed by atoms with Crippen molar-refractivity contribution in [1.29, 1.82) is 0 Å². The number of nitrogens with zero attached hydrogens (tertiary/aromatic N) is 4. The highest BCUT2D eigenvalue weighted by Crippen LogP contribution is 2.44. The third-order valence-electron chi connectivity index (χ3n) is 5.98. The number of hydrogen-bond acceptors (Lipinski definition) is 15. The minimum absolute atomic E-state index is 0.122. The third-order valence-corrected chi connectivity index (χ3v) is 7.19. The van der Waals surface area contributed by atoms with E-state index < -0.39 is 0 Å². The Morgan fingerprint density at radius 3 is 1.82 bits per heavy atom. The fraction of sp³-hybridized carbons (Fsp3) is 0.0345. The predicted molar refractivity (Wildman–Crippen MR) is 164 cm³/mol. The molecule has 0 unspecified atom stereocenters. The van der Waals surface area contributed by atoms with Crippen molar-refractivity contribution in [2.75, 3.05) is 12.4 Å². The van der Waals surface area contributed by atoms with Crippen molar-refractivity contribution < 1.29 is 39.1 Å². The highest BCUT2D eigenvalue weighted by molar-refractivity contribution is 7.94. The summed E-state index contributed by atoms with van der Waals surface area (Å²) < 4.78 is 14.2. The second kappa shape index (κ2) is 15.2. The van der Waals surface area contributed by atoms with Gasteiger partial charge in [0.1, 0.15) is 11.4 Å². The molecule has 4 N–H and O–H groups in total. The number of rotatable bonds is 13.